The zero-order valence-corrected chi connectivity index (χ0v) is 12.9. The lowest BCUT2D eigenvalue weighted by Gasteiger charge is -2.32. The first-order valence-corrected chi connectivity index (χ1v) is 8.26. The molecule has 1 saturated carbocycles. The van der Waals surface area contributed by atoms with E-state index in [9.17, 15) is 18.3 Å². The van der Waals surface area contributed by atoms with Crippen LogP contribution in [-0.2, 0) is 19.7 Å². The maximum atomic E-state index is 12.1. The zero-order chi connectivity index (χ0) is 15.2. The van der Waals surface area contributed by atoms with Gasteiger partial charge >= 0.3 is 5.97 Å². The van der Waals surface area contributed by atoms with Gasteiger partial charge in [-0.05, 0) is 18.8 Å². The quantitative estimate of drug-likeness (QED) is 0.639. The molecule has 1 aliphatic rings. The highest BCUT2D eigenvalue weighted by atomic mass is 32.2. The summed E-state index contributed by atoms with van der Waals surface area (Å²) in [5, 5.41) is 9.30. The van der Waals surface area contributed by atoms with Crippen LogP contribution >= 0.6 is 0 Å². The van der Waals surface area contributed by atoms with E-state index in [1.165, 1.54) is 14.2 Å². The van der Waals surface area contributed by atoms with Crippen LogP contribution in [0.25, 0.3) is 0 Å². The third-order valence-electron chi connectivity index (χ3n) is 3.71. The highest BCUT2D eigenvalue weighted by Gasteiger charge is 2.30. The number of nitrogens with one attached hydrogen (secondary N) is 1. The van der Waals surface area contributed by atoms with Gasteiger partial charge in [-0.15, -0.1) is 0 Å². The van der Waals surface area contributed by atoms with E-state index in [0.29, 0.717) is 0 Å². The number of esters is 1. The Kier molecular flexibility index (Phi) is 6.87. The number of hydrogen-bond acceptors (Lipinski definition) is 5. The van der Waals surface area contributed by atoms with Gasteiger partial charge in [0.2, 0.25) is 0 Å². The van der Waals surface area contributed by atoms with Crippen LogP contribution in [0.4, 0.5) is 0 Å². The van der Waals surface area contributed by atoms with Crippen LogP contribution in [-0.4, -0.2) is 57.1 Å². The SMILES string of the molecule is COC(=O)CCN(C)S(=O)(=O)NC1CCCCC1CO. The van der Waals surface area contributed by atoms with Crippen LogP contribution < -0.4 is 4.72 Å². The molecule has 0 aliphatic heterocycles. The third kappa shape index (κ3) is 5.01. The molecular weight excluding hydrogens is 284 g/mol. The normalized spacial score (nSPS) is 23.8. The Morgan fingerprint density at radius 1 is 1.40 bits per heavy atom. The van der Waals surface area contributed by atoms with Crippen molar-refractivity contribution in [2.24, 2.45) is 5.92 Å². The van der Waals surface area contributed by atoms with E-state index >= 15 is 0 Å². The molecule has 1 aliphatic carbocycles. The highest BCUT2D eigenvalue weighted by Crippen LogP contribution is 2.24. The van der Waals surface area contributed by atoms with Crippen LogP contribution in [0, 0.1) is 5.92 Å². The van der Waals surface area contributed by atoms with Crippen LogP contribution in [0.15, 0.2) is 0 Å². The number of aliphatic hydroxyl groups is 1. The summed E-state index contributed by atoms with van der Waals surface area (Å²) in [5.74, 6) is -0.481. The summed E-state index contributed by atoms with van der Waals surface area (Å²) in [6.45, 7) is 0.0532. The monoisotopic (exact) mass is 308 g/mol. The maximum absolute atomic E-state index is 12.1. The molecule has 8 heteroatoms. The van der Waals surface area contributed by atoms with Crippen molar-refractivity contribution in [2.75, 3.05) is 27.3 Å². The molecule has 0 radical (unpaired) electrons. The number of ether oxygens (including phenoxy) is 1. The minimum absolute atomic E-state index is 0.0148. The van der Waals surface area contributed by atoms with Crippen molar-refractivity contribution in [1.29, 1.82) is 0 Å². The molecule has 0 bridgehead atoms. The Balaban J connectivity index is 2.56. The van der Waals surface area contributed by atoms with Gasteiger partial charge in [0, 0.05) is 26.2 Å². The molecule has 0 saturated heterocycles. The van der Waals surface area contributed by atoms with E-state index in [1.807, 2.05) is 0 Å². The molecule has 2 unspecified atom stereocenters. The van der Waals surface area contributed by atoms with E-state index in [-0.39, 0.29) is 31.5 Å². The van der Waals surface area contributed by atoms with Gasteiger partial charge < -0.3 is 9.84 Å². The molecule has 20 heavy (non-hydrogen) atoms. The third-order valence-corrected chi connectivity index (χ3v) is 5.32. The molecule has 7 nitrogen and oxygen atoms in total. The summed E-state index contributed by atoms with van der Waals surface area (Å²) >= 11 is 0. The molecule has 2 atom stereocenters. The van der Waals surface area contributed by atoms with Gasteiger partial charge in [0.25, 0.3) is 10.2 Å². The number of carbonyl (C=O) groups is 1. The summed E-state index contributed by atoms with van der Waals surface area (Å²) in [7, 11) is -0.957. The van der Waals surface area contributed by atoms with Crippen LogP contribution in [0.1, 0.15) is 32.1 Å². The molecule has 0 aromatic rings. The van der Waals surface area contributed by atoms with E-state index in [4.69, 9.17) is 0 Å². The minimum atomic E-state index is -3.64. The fourth-order valence-electron chi connectivity index (χ4n) is 2.33. The summed E-state index contributed by atoms with van der Waals surface area (Å²) in [6.07, 6.45) is 3.55. The smallest absolute Gasteiger partial charge is 0.306 e. The Morgan fingerprint density at radius 3 is 2.65 bits per heavy atom. The molecule has 0 spiro atoms. The number of nitrogens with zero attached hydrogens (tertiary/aromatic N) is 1. The summed E-state index contributed by atoms with van der Waals surface area (Å²) < 4.78 is 32.5. The lowest BCUT2D eigenvalue weighted by atomic mass is 9.86. The predicted octanol–water partition coefficient (Wildman–Crippen LogP) is -0.133. The molecule has 0 aromatic heterocycles. The molecule has 0 aromatic carbocycles. The number of rotatable bonds is 7. The van der Waals surface area contributed by atoms with Crippen molar-refractivity contribution >= 4 is 16.2 Å². The number of hydrogen-bond donors (Lipinski definition) is 2. The minimum Gasteiger partial charge on any atom is -0.469 e. The first kappa shape index (κ1) is 17.4. The average Bonchev–Trinajstić information content (AvgIpc) is 2.44. The van der Waals surface area contributed by atoms with E-state index in [1.54, 1.807) is 0 Å². The molecule has 0 heterocycles. The fourth-order valence-corrected chi connectivity index (χ4v) is 3.54. The zero-order valence-electron chi connectivity index (χ0n) is 12.0. The van der Waals surface area contributed by atoms with Gasteiger partial charge in [-0.1, -0.05) is 12.8 Å². The van der Waals surface area contributed by atoms with Crippen LogP contribution in [0.2, 0.25) is 0 Å². The van der Waals surface area contributed by atoms with Gasteiger partial charge in [0.05, 0.1) is 13.5 Å². The van der Waals surface area contributed by atoms with Gasteiger partial charge in [-0.3, -0.25) is 4.79 Å². The maximum Gasteiger partial charge on any atom is 0.306 e. The molecule has 0 amide bonds. The van der Waals surface area contributed by atoms with Gasteiger partial charge in [0.15, 0.2) is 0 Å². The van der Waals surface area contributed by atoms with Gasteiger partial charge in [-0.2, -0.15) is 17.4 Å². The van der Waals surface area contributed by atoms with E-state index in [2.05, 4.69) is 9.46 Å². The van der Waals surface area contributed by atoms with Crippen LogP contribution in [0.3, 0.4) is 0 Å². The van der Waals surface area contributed by atoms with Gasteiger partial charge in [-0.25, -0.2) is 0 Å². The first-order chi connectivity index (χ1) is 9.40. The largest absolute Gasteiger partial charge is 0.469 e. The second-order valence-electron chi connectivity index (χ2n) is 5.10. The van der Waals surface area contributed by atoms with Gasteiger partial charge in [0.1, 0.15) is 0 Å². The lowest BCUT2D eigenvalue weighted by molar-refractivity contribution is -0.140. The highest BCUT2D eigenvalue weighted by molar-refractivity contribution is 7.87. The first-order valence-electron chi connectivity index (χ1n) is 6.82. The summed E-state index contributed by atoms with van der Waals surface area (Å²) in [6, 6.07) is -0.237. The van der Waals surface area contributed by atoms with E-state index < -0.39 is 16.2 Å². The Hall–Kier alpha value is -0.700. The topological polar surface area (TPSA) is 95.9 Å². The van der Waals surface area contributed by atoms with E-state index in [0.717, 1.165) is 30.0 Å². The predicted molar refractivity (Wildman–Crippen MR) is 74.2 cm³/mol. The molecule has 1 fully saturated rings. The van der Waals surface area contributed by atoms with Crippen molar-refractivity contribution in [3.63, 3.8) is 0 Å². The Morgan fingerprint density at radius 2 is 2.05 bits per heavy atom. The van der Waals surface area contributed by atoms with Crippen molar-refractivity contribution in [2.45, 2.75) is 38.1 Å². The average molecular weight is 308 g/mol. The Bertz CT molecular complexity index is 412. The van der Waals surface area contributed by atoms with Crippen molar-refractivity contribution in [3.8, 4) is 0 Å². The Labute approximate surface area is 120 Å². The second kappa shape index (κ2) is 7.92. The number of methoxy groups -OCH3 is 1. The lowest BCUT2D eigenvalue weighted by Crippen LogP contribution is -2.48. The fraction of sp³-hybridized carbons (Fsp3) is 0.917. The standard InChI is InChI=1S/C12H24N2O5S/c1-14(8-7-12(16)19-2)20(17,18)13-11-6-4-3-5-10(11)9-15/h10-11,13,15H,3-9H2,1-2H3. The van der Waals surface area contributed by atoms with Crippen LogP contribution in [0.5, 0.6) is 0 Å². The summed E-state index contributed by atoms with van der Waals surface area (Å²) in [5.41, 5.74) is 0. The van der Waals surface area contributed by atoms with Crippen molar-refractivity contribution in [1.82, 2.24) is 9.03 Å². The summed E-state index contributed by atoms with van der Waals surface area (Å²) in [4.78, 5) is 11.0. The molecule has 1 rings (SSSR count). The second-order valence-corrected chi connectivity index (χ2v) is 6.91. The molecular formula is C12H24N2O5S. The molecule has 118 valence electrons. The number of aliphatic hydroxyl groups excluding tert-OH is 1. The number of carbonyl (C=O) groups excluding carboxylic acids is 1. The molecule has 2 N–H and O–H groups in total. The van der Waals surface area contributed by atoms with Crippen molar-refractivity contribution in [3.05, 3.63) is 0 Å². The van der Waals surface area contributed by atoms with Crippen molar-refractivity contribution < 1.29 is 23.1 Å².